The van der Waals surface area contributed by atoms with Crippen LogP contribution in [0.2, 0.25) is 0 Å². The average Bonchev–Trinajstić information content (AvgIpc) is 2.67. The molecule has 0 aliphatic rings. The molecule has 3 aromatic rings. The van der Waals surface area contributed by atoms with Crippen molar-refractivity contribution in [1.29, 1.82) is 0 Å². The Hall–Kier alpha value is -3.94. The number of aromatic nitrogens is 1. The van der Waals surface area contributed by atoms with Crippen LogP contribution in [-0.2, 0) is 17.6 Å². The van der Waals surface area contributed by atoms with Gasteiger partial charge in [0.25, 0.3) is 12.4 Å². The Morgan fingerprint density at radius 3 is 2.45 bits per heavy atom. The van der Waals surface area contributed by atoms with Crippen molar-refractivity contribution in [3.63, 3.8) is 0 Å². The second kappa shape index (κ2) is 10.4. The summed E-state index contributed by atoms with van der Waals surface area (Å²) in [5.41, 5.74) is 0.656. The number of nitrogens with one attached hydrogen (secondary N) is 2. The first-order chi connectivity index (χ1) is 13.9. The van der Waals surface area contributed by atoms with Crippen molar-refractivity contribution in [3.05, 3.63) is 97.8 Å². The van der Waals surface area contributed by atoms with Gasteiger partial charge in [-0.1, -0.05) is 30.3 Å². The number of aromatic amines is 1. The molecule has 3 rings (SSSR count). The SMILES string of the molecule is Cc1cc(CCc2ccccc2)oc(=O)c1C(=O)Nc1cc(=O)cc[nH]1.O=CO. The summed E-state index contributed by atoms with van der Waals surface area (Å²) in [5.74, 6) is 0.128. The minimum Gasteiger partial charge on any atom is -0.483 e. The van der Waals surface area contributed by atoms with E-state index < -0.39 is 11.5 Å². The molecule has 150 valence electrons. The quantitative estimate of drug-likeness (QED) is 0.568. The zero-order chi connectivity index (χ0) is 21.2. The second-order valence-corrected chi connectivity index (χ2v) is 6.04. The highest BCUT2D eigenvalue weighted by atomic mass is 16.4. The van der Waals surface area contributed by atoms with Gasteiger partial charge in [-0.3, -0.25) is 14.4 Å². The van der Waals surface area contributed by atoms with Gasteiger partial charge in [-0.15, -0.1) is 0 Å². The Kier molecular flexibility index (Phi) is 7.67. The van der Waals surface area contributed by atoms with E-state index in [-0.39, 0.29) is 23.3 Å². The summed E-state index contributed by atoms with van der Waals surface area (Å²) >= 11 is 0. The molecule has 1 amide bonds. The standard InChI is InChI=1S/C20H18N2O4.CH2O2/c1-13-11-16(8-7-14-5-3-2-4-6-14)26-20(25)18(13)19(24)22-17-12-15(23)9-10-21-17;2-1-3/h2-6,9-12H,7-8H2,1H3,(H2,21,22,23,24);1H,(H,2,3). The van der Waals surface area contributed by atoms with Gasteiger partial charge in [-0.05, 0) is 30.5 Å². The zero-order valence-corrected chi connectivity index (χ0v) is 15.7. The molecule has 3 N–H and O–H groups in total. The third-order valence-electron chi connectivity index (χ3n) is 3.95. The Bertz CT molecular complexity index is 1090. The molecule has 0 bridgehead atoms. The maximum absolute atomic E-state index is 12.4. The summed E-state index contributed by atoms with van der Waals surface area (Å²) in [4.78, 5) is 47.1. The lowest BCUT2D eigenvalue weighted by Crippen LogP contribution is -2.24. The highest BCUT2D eigenvalue weighted by molar-refractivity contribution is 6.04. The molecule has 2 heterocycles. The molecule has 0 saturated carbocycles. The molecular weight excluding hydrogens is 376 g/mol. The van der Waals surface area contributed by atoms with Crippen LogP contribution >= 0.6 is 0 Å². The van der Waals surface area contributed by atoms with E-state index in [1.807, 2.05) is 30.3 Å². The van der Waals surface area contributed by atoms with Crippen LogP contribution in [0.4, 0.5) is 5.82 Å². The number of benzene rings is 1. The van der Waals surface area contributed by atoms with E-state index in [2.05, 4.69) is 10.3 Å². The molecule has 0 radical (unpaired) electrons. The number of aryl methyl sites for hydroxylation is 3. The van der Waals surface area contributed by atoms with Crippen LogP contribution < -0.4 is 16.4 Å². The summed E-state index contributed by atoms with van der Waals surface area (Å²) < 4.78 is 5.31. The lowest BCUT2D eigenvalue weighted by molar-refractivity contribution is -0.122. The van der Waals surface area contributed by atoms with Crippen molar-refractivity contribution in [2.45, 2.75) is 19.8 Å². The maximum atomic E-state index is 12.4. The molecule has 0 spiro atoms. The van der Waals surface area contributed by atoms with Crippen molar-refractivity contribution < 1.29 is 19.1 Å². The Morgan fingerprint density at radius 2 is 1.83 bits per heavy atom. The van der Waals surface area contributed by atoms with Crippen LogP contribution in [0.25, 0.3) is 0 Å². The number of anilines is 1. The summed E-state index contributed by atoms with van der Waals surface area (Å²) in [5, 5.41) is 9.39. The molecule has 0 fully saturated rings. The minimum atomic E-state index is -0.691. The Balaban J connectivity index is 0.000000941. The molecule has 0 saturated heterocycles. The molecule has 1 aromatic carbocycles. The predicted molar refractivity (Wildman–Crippen MR) is 107 cm³/mol. The van der Waals surface area contributed by atoms with Crippen molar-refractivity contribution in [1.82, 2.24) is 4.98 Å². The van der Waals surface area contributed by atoms with Crippen molar-refractivity contribution in [3.8, 4) is 0 Å². The van der Waals surface area contributed by atoms with Crippen LogP contribution in [0.5, 0.6) is 0 Å². The molecule has 0 aliphatic heterocycles. The normalized spacial score (nSPS) is 9.83. The number of hydrogen-bond acceptors (Lipinski definition) is 5. The molecule has 8 heteroatoms. The molecule has 0 aliphatic carbocycles. The van der Waals surface area contributed by atoms with E-state index in [4.69, 9.17) is 14.3 Å². The van der Waals surface area contributed by atoms with Crippen LogP contribution in [0.3, 0.4) is 0 Å². The summed E-state index contributed by atoms with van der Waals surface area (Å²) in [7, 11) is 0. The Morgan fingerprint density at radius 1 is 1.14 bits per heavy atom. The number of rotatable bonds is 5. The monoisotopic (exact) mass is 396 g/mol. The van der Waals surface area contributed by atoms with Gasteiger partial charge in [0.15, 0.2) is 5.43 Å². The maximum Gasteiger partial charge on any atom is 0.349 e. The van der Waals surface area contributed by atoms with Gasteiger partial charge in [0.05, 0.1) is 0 Å². The van der Waals surface area contributed by atoms with Gasteiger partial charge in [-0.25, -0.2) is 4.79 Å². The molecule has 2 aromatic heterocycles. The fourth-order valence-electron chi connectivity index (χ4n) is 2.68. The van der Waals surface area contributed by atoms with Gasteiger partial charge in [0, 0.05) is 24.8 Å². The van der Waals surface area contributed by atoms with Crippen LogP contribution in [-0.4, -0.2) is 22.5 Å². The van der Waals surface area contributed by atoms with Gasteiger partial charge in [0.2, 0.25) is 0 Å². The number of pyridine rings is 1. The van der Waals surface area contributed by atoms with Gasteiger partial charge >= 0.3 is 5.63 Å². The third kappa shape index (κ3) is 6.31. The molecule has 0 unspecified atom stereocenters. The van der Waals surface area contributed by atoms with E-state index in [0.29, 0.717) is 17.7 Å². The topological polar surface area (TPSA) is 129 Å². The molecule has 0 atom stereocenters. The van der Waals surface area contributed by atoms with Gasteiger partial charge < -0.3 is 19.8 Å². The number of amides is 1. The lowest BCUT2D eigenvalue weighted by atomic mass is 10.1. The lowest BCUT2D eigenvalue weighted by Gasteiger charge is -2.08. The first-order valence-electron chi connectivity index (χ1n) is 8.70. The average molecular weight is 396 g/mol. The van der Waals surface area contributed by atoms with E-state index >= 15 is 0 Å². The fraction of sp³-hybridized carbons (Fsp3) is 0.143. The van der Waals surface area contributed by atoms with E-state index in [9.17, 15) is 14.4 Å². The first-order valence-corrected chi connectivity index (χ1v) is 8.70. The summed E-state index contributed by atoms with van der Waals surface area (Å²) in [6.45, 7) is 1.44. The molecule has 29 heavy (non-hydrogen) atoms. The number of carbonyl (C=O) groups excluding carboxylic acids is 1. The zero-order valence-electron chi connectivity index (χ0n) is 15.7. The van der Waals surface area contributed by atoms with E-state index in [1.165, 1.54) is 18.3 Å². The van der Waals surface area contributed by atoms with Crippen LogP contribution in [0.15, 0.2) is 68.7 Å². The molecule has 8 nitrogen and oxygen atoms in total. The van der Waals surface area contributed by atoms with Crippen molar-refractivity contribution in [2.24, 2.45) is 0 Å². The smallest absolute Gasteiger partial charge is 0.349 e. The first kappa shape index (κ1) is 21.4. The van der Waals surface area contributed by atoms with Gasteiger partial charge in [0.1, 0.15) is 17.1 Å². The highest BCUT2D eigenvalue weighted by Crippen LogP contribution is 2.12. The highest BCUT2D eigenvalue weighted by Gasteiger charge is 2.17. The second-order valence-electron chi connectivity index (χ2n) is 6.04. The number of carboxylic acid groups (broad SMARTS) is 1. The minimum absolute atomic E-state index is 0.0711. The number of H-pyrrole nitrogens is 1. The van der Waals surface area contributed by atoms with Crippen LogP contribution in [0, 0.1) is 6.92 Å². The predicted octanol–water partition coefficient (Wildman–Crippen LogP) is 2.37. The fourth-order valence-corrected chi connectivity index (χ4v) is 2.68. The summed E-state index contributed by atoms with van der Waals surface area (Å²) in [6, 6.07) is 14.1. The van der Waals surface area contributed by atoms with Crippen molar-refractivity contribution in [2.75, 3.05) is 5.32 Å². The Labute approximate surface area is 165 Å². The van der Waals surface area contributed by atoms with E-state index in [1.54, 1.807) is 13.0 Å². The number of carbonyl (C=O) groups is 2. The number of hydrogen-bond donors (Lipinski definition) is 3. The largest absolute Gasteiger partial charge is 0.483 e. The van der Waals surface area contributed by atoms with Crippen molar-refractivity contribution >= 4 is 18.2 Å². The van der Waals surface area contributed by atoms with E-state index in [0.717, 1.165) is 12.0 Å². The third-order valence-corrected chi connectivity index (χ3v) is 3.95. The van der Waals surface area contributed by atoms with Gasteiger partial charge in [-0.2, -0.15) is 0 Å². The molecular formula is C21H20N2O6. The van der Waals surface area contributed by atoms with Crippen LogP contribution in [0.1, 0.15) is 27.2 Å². The summed E-state index contributed by atoms with van der Waals surface area (Å²) in [6.07, 6.45) is 2.72.